The fraction of sp³-hybridized carbons (Fsp3) is 0.833. The highest BCUT2D eigenvalue weighted by Gasteiger charge is 2.39. The lowest BCUT2D eigenvalue weighted by molar-refractivity contribution is -0.155. The van der Waals surface area contributed by atoms with Gasteiger partial charge in [0.15, 0.2) is 0 Å². The molecule has 1 unspecified atom stereocenters. The van der Waals surface area contributed by atoms with Crippen LogP contribution < -0.4 is 0 Å². The minimum atomic E-state index is -1.01. The van der Waals surface area contributed by atoms with Crippen LogP contribution in [-0.4, -0.2) is 46.0 Å². The normalized spacial score (nSPS) is 23.7. The van der Waals surface area contributed by atoms with Gasteiger partial charge in [-0.05, 0) is 18.6 Å². The number of carbonyl (C=O) groups excluding carboxylic acids is 2. The van der Waals surface area contributed by atoms with Gasteiger partial charge in [0, 0.05) is 18.6 Å². The summed E-state index contributed by atoms with van der Waals surface area (Å²) in [6.45, 7) is 5.59. The summed E-state index contributed by atoms with van der Waals surface area (Å²) in [7, 11) is 0. The Kier molecular flexibility index (Phi) is 4.25. The van der Waals surface area contributed by atoms with E-state index in [-0.39, 0.29) is 23.8 Å². The standard InChI is InChI=1S/C12H21NO3S/c1-11(2)5-9(14)13(10(15)6-11)7-12(3,16)8-17-4/h16H,5-8H2,1-4H3. The quantitative estimate of drug-likeness (QED) is 0.773. The number of amides is 2. The van der Waals surface area contributed by atoms with E-state index in [0.29, 0.717) is 18.6 Å². The third-order valence-electron chi connectivity index (χ3n) is 2.82. The molecule has 0 radical (unpaired) electrons. The second-order valence-corrected chi connectivity index (χ2v) is 6.69. The largest absolute Gasteiger partial charge is 0.387 e. The Hall–Kier alpha value is -0.550. The van der Waals surface area contributed by atoms with Gasteiger partial charge < -0.3 is 5.11 Å². The van der Waals surface area contributed by atoms with Gasteiger partial charge in [0.2, 0.25) is 11.8 Å². The van der Waals surface area contributed by atoms with Crippen molar-refractivity contribution in [3.05, 3.63) is 0 Å². The highest BCUT2D eigenvalue weighted by atomic mass is 32.2. The molecule has 1 N–H and O–H groups in total. The summed E-state index contributed by atoms with van der Waals surface area (Å²) in [5.74, 6) is 0.160. The number of hydrogen-bond donors (Lipinski definition) is 1. The Labute approximate surface area is 107 Å². The Morgan fingerprint density at radius 2 is 1.82 bits per heavy atom. The zero-order valence-corrected chi connectivity index (χ0v) is 11.8. The highest BCUT2D eigenvalue weighted by Crippen LogP contribution is 2.32. The first-order valence-corrected chi connectivity index (χ1v) is 7.11. The average molecular weight is 259 g/mol. The molecule has 2 amide bonds. The van der Waals surface area contributed by atoms with E-state index in [1.165, 1.54) is 16.7 Å². The number of nitrogens with zero attached hydrogens (tertiary/aromatic N) is 1. The Morgan fingerprint density at radius 3 is 2.24 bits per heavy atom. The molecule has 0 bridgehead atoms. The van der Waals surface area contributed by atoms with E-state index in [1.807, 2.05) is 20.1 Å². The third-order valence-corrected chi connectivity index (χ3v) is 3.73. The summed E-state index contributed by atoms with van der Waals surface area (Å²) in [6.07, 6.45) is 2.62. The van der Waals surface area contributed by atoms with Crippen molar-refractivity contribution in [2.75, 3.05) is 18.6 Å². The molecule has 98 valence electrons. The molecule has 1 fully saturated rings. The Morgan fingerprint density at radius 1 is 1.35 bits per heavy atom. The first kappa shape index (κ1) is 14.5. The van der Waals surface area contributed by atoms with Crippen molar-refractivity contribution >= 4 is 23.6 Å². The summed E-state index contributed by atoms with van der Waals surface area (Å²) >= 11 is 1.50. The minimum absolute atomic E-state index is 0.0988. The number of aliphatic hydroxyl groups is 1. The van der Waals surface area contributed by atoms with Crippen molar-refractivity contribution in [2.45, 2.75) is 39.2 Å². The van der Waals surface area contributed by atoms with E-state index >= 15 is 0 Å². The predicted octanol–water partition coefficient (Wildman–Crippen LogP) is 1.28. The van der Waals surface area contributed by atoms with Crippen molar-refractivity contribution in [3.63, 3.8) is 0 Å². The van der Waals surface area contributed by atoms with Crippen LogP contribution in [0.2, 0.25) is 0 Å². The van der Waals surface area contributed by atoms with Gasteiger partial charge in [-0.3, -0.25) is 14.5 Å². The van der Waals surface area contributed by atoms with Crippen LogP contribution in [0.1, 0.15) is 33.6 Å². The van der Waals surface area contributed by atoms with Crippen LogP contribution in [0.4, 0.5) is 0 Å². The average Bonchev–Trinajstić information content (AvgIpc) is 2.10. The Bertz CT molecular complexity index is 306. The van der Waals surface area contributed by atoms with E-state index in [1.54, 1.807) is 6.92 Å². The number of β-amino-alcohol motifs (C(OH)–C–C–N with tert-alkyl or cyclic N) is 1. The van der Waals surface area contributed by atoms with E-state index in [9.17, 15) is 14.7 Å². The molecule has 0 aromatic heterocycles. The van der Waals surface area contributed by atoms with Gasteiger partial charge in [-0.1, -0.05) is 13.8 Å². The SMILES string of the molecule is CSCC(C)(O)CN1C(=O)CC(C)(C)CC1=O. The van der Waals surface area contributed by atoms with Gasteiger partial charge in [-0.2, -0.15) is 11.8 Å². The molecule has 1 atom stereocenters. The number of piperidine rings is 1. The fourth-order valence-electron chi connectivity index (χ4n) is 2.08. The van der Waals surface area contributed by atoms with E-state index in [2.05, 4.69) is 0 Å². The Balaban J connectivity index is 2.72. The van der Waals surface area contributed by atoms with Crippen molar-refractivity contribution in [1.29, 1.82) is 0 Å². The van der Waals surface area contributed by atoms with Crippen molar-refractivity contribution < 1.29 is 14.7 Å². The fourth-order valence-corrected chi connectivity index (χ4v) is 2.80. The number of rotatable bonds is 4. The number of imide groups is 1. The molecule has 0 aliphatic carbocycles. The minimum Gasteiger partial charge on any atom is -0.387 e. The molecule has 0 aromatic rings. The summed E-state index contributed by atoms with van der Waals surface area (Å²) in [4.78, 5) is 25.0. The van der Waals surface area contributed by atoms with Crippen LogP contribution in [0, 0.1) is 5.41 Å². The van der Waals surface area contributed by atoms with E-state index < -0.39 is 5.60 Å². The number of likely N-dealkylation sites (tertiary alicyclic amines) is 1. The van der Waals surface area contributed by atoms with Crippen LogP contribution >= 0.6 is 11.8 Å². The molecule has 0 spiro atoms. The topological polar surface area (TPSA) is 57.6 Å². The monoisotopic (exact) mass is 259 g/mol. The van der Waals surface area contributed by atoms with E-state index in [0.717, 1.165) is 0 Å². The lowest BCUT2D eigenvalue weighted by atomic mass is 9.81. The summed E-state index contributed by atoms with van der Waals surface area (Å²) in [6, 6.07) is 0. The van der Waals surface area contributed by atoms with Crippen molar-refractivity contribution in [1.82, 2.24) is 4.90 Å². The number of thioether (sulfide) groups is 1. The third kappa shape index (κ3) is 4.00. The molecule has 4 nitrogen and oxygen atoms in total. The van der Waals surface area contributed by atoms with Crippen molar-refractivity contribution in [2.24, 2.45) is 5.41 Å². The first-order valence-electron chi connectivity index (χ1n) is 5.71. The lowest BCUT2D eigenvalue weighted by Crippen LogP contribution is -2.52. The summed E-state index contributed by atoms with van der Waals surface area (Å²) < 4.78 is 0. The highest BCUT2D eigenvalue weighted by molar-refractivity contribution is 7.98. The van der Waals surface area contributed by atoms with Gasteiger partial charge in [0.1, 0.15) is 0 Å². The molecule has 1 aliphatic heterocycles. The first-order chi connectivity index (χ1) is 7.67. The second kappa shape index (κ2) is 4.98. The zero-order valence-electron chi connectivity index (χ0n) is 10.9. The molecule has 5 heteroatoms. The maximum absolute atomic E-state index is 11.9. The van der Waals surface area contributed by atoms with Gasteiger partial charge in [0.05, 0.1) is 12.1 Å². The summed E-state index contributed by atoms with van der Waals surface area (Å²) in [5, 5.41) is 10.1. The molecule has 1 heterocycles. The van der Waals surface area contributed by atoms with Crippen LogP contribution in [0.15, 0.2) is 0 Å². The van der Waals surface area contributed by atoms with Gasteiger partial charge in [-0.15, -0.1) is 0 Å². The van der Waals surface area contributed by atoms with Crippen LogP contribution in [0.3, 0.4) is 0 Å². The van der Waals surface area contributed by atoms with Crippen molar-refractivity contribution in [3.8, 4) is 0 Å². The predicted molar refractivity (Wildman–Crippen MR) is 68.7 cm³/mol. The zero-order chi connectivity index (χ0) is 13.3. The molecule has 0 aromatic carbocycles. The molecular weight excluding hydrogens is 238 g/mol. The van der Waals surface area contributed by atoms with Gasteiger partial charge in [-0.25, -0.2) is 0 Å². The van der Waals surface area contributed by atoms with Gasteiger partial charge in [0.25, 0.3) is 0 Å². The number of carbonyl (C=O) groups is 2. The summed E-state index contributed by atoms with van der Waals surface area (Å²) in [5.41, 5.74) is -1.26. The molecule has 1 saturated heterocycles. The van der Waals surface area contributed by atoms with E-state index in [4.69, 9.17) is 0 Å². The smallest absolute Gasteiger partial charge is 0.229 e. The maximum Gasteiger partial charge on any atom is 0.229 e. The molecule has 17 heavy (non-hydrogen) atoms. The van der Waals surface area contributed by atoms with Gasteiger partial charge >= 0.3 is 0 Å². The molecule has 0 saturated carbocycles. The molecule has 1 aliphatic rings. The second-order valence-electron chi connectivity index (χ2n) is 5.82. The lowest BCUT2D eigenvalue weighted by Gasteiger charge is -2.37. The molecular formula is C12H21NO3S. The molecule has 1 rings (SSSR count). The van der Waals surface area contributed by atoms with Crippen LogP contribution in [-0.2, 0) is 9.59 Å². The maximum atomic E-state index is 11.9. The van der Waals surface area contributed by atoms with Crippen LogP contribution in [0.25, 0.3) is 0 Å². The number of hydrogen-bond acceptors (Lipinski definition) is 4. The van der Waals surface area contributed by atoms with Crippen LogP contribution in [0.5, 0.6) is 0 Å².